The van der Waals surface area contributed by atoms with Gasteiger partial charge in [-0.05, 0) is 43.3 Å². The summed E-state index contributed by atoms with van der Waals surface area (Å²) in [6.45, 7) is 10.1. The molecule has 0 fully saturated rings. The van der Waals surface area contributed by atoms with Crippen molar-refractivity contribution >= 4 is 5.78 Å². The Labute approximate surface area is 149 Å². The number of fused-ring (bicyclic) bond motifs is 3. The number of ether oxygens (including phenoxy) is 2. The van der Waals surface area contributed by atoms with Crippen molar-refractivity contribution in [2.75, 3.05) is 32.8 Å². The summed E-state index contributed by atoms with van der Waals surface area (Å²) in [5.74, 6) is 1.24. The molecule has 4 heteroatoms. The van der Waals surface area contributed by atoms with Crippen LogP contribution in [-0.4, -0.2) is 43.5 Å². The van der Waals surface area contributed by atoms with E-state index in [2.05, 4.69) is 18.7 Å². The molecule has 0 saturated carbocycles. The van der Waals surface area contributed by atoms with Crippen LogP contribution >= 0.6 is 0 Å². The van der Waals surface area contributed by atoms with Crippen molar-refractivity contribution in [1.82, 2.24) is 4.90 Å². The lowest BCUT2D eigenvalue weighted by Crippen LogP contribution is -2.28. The number of rotatable bonds is 8. The van der Waals surface area contributed by atoms with Gasteiger partial charge in [0.1, 0.15) is 6.61 Å². The molecular weight excluding hydrogens is 314 g/mol. The predicted octanol–water partition coefficient (Wildman–Crippen LogP) is 4.02. The maximum Gasteiger partial charge on any atom is 0.198 e. The number of hydrogen-bond donors (Lipinski definition) is 0. The Morgan fingerprint density at radius 2 is 1.60 bits per heavy atom. The first-order valence-corrected chi connectivity index (χ1v) is 9.00. The maximum atomic E-state index is 12.9. The molecule has 0 unspecified atom stereocenters. The predicted molar refractivity (Wildman–Crippen MR) is 99.8 cm³/mol. The molecule has 25 heavy (non-hydrogen) atoms. The van der Waals surface area contributed by atoms with E-state index in [1.807, 2.05) is 43.3 Å². The minimum absolute atomic E-state index is 0.0185. The number of nitrogens with zero attached hydrogens (tertiary/aromatic N) is 1. The van der Waals surface area contributed by atoms with Crippen molar-refractivity contribution in [3.8, 4) is 22.6 Å². The van der Waals surface area contributed by atoms with Crippen LogP contribution in [-0.2, 0) is 0 Å². The molecule has 0 N–H and O–H groups in total. The zero-order valence-corrected chi connectivity index (χ0v) is 15.2. The molecule has 1 aliphatic carbocycles. The molecule has 0 aliphatic heterocycles. The van der Waals surface area contributed by atoms with Crippen LogP contribution in [0.25, 0.3) is 11.1 Å². The van der Waals surface area contributed by atoms with Crippen LogP contribution in [0, 0.1) is 0 Å². The van der Waals surface area contributed by atoms with Crippen molar-refractivity contribution in [3.63, 3.8) is 0 Å². The Balaban J connectivity index is 1.95. The molecule has 0 heterocycles. The molecule has 0 saturated heterocycles. The van der Waals surface area contributed by atoms with Crippen LogP contribution in [0.4, 0.5) is 0 Å². The van der Waals surface area contributed by atoms with Gasteiger partial charge in [-0.15, -0.1) is 0 Å². The fourth-order valence-corrected chi connectivity index (χ4v) is 3.29. The number of likely N-dealkylation sites (N-methyl/N-ethyl adjacent to an activating group) is 1. The molecule has 0 bridgehead atoms. The van der Waals surface area contributed by atoms with E-state index in [4.69, 9.17) is 9.47 Å². The summed E-state index contributed by atoms with van der Waals surface area (Å²) in [6, 6.07) is 11.6. The molecule has 1 aliphatic rings. The van der Waals surface area contributed by atoms with Crippen LogP contribution in [0.3, 0.4) is 0 Å². The second kappa shape index (κ2) is 7.70. The SMILES string of the molecule is CCOc1ccc2c(c1OCCN(CC)CC)C(=O)c1ccccc1-2. The molecule has 3 rings (SSSR count). The third-order valence-electron chi connectivity index (χ3n) is 4.66. The van der Waals surface area contributed by atoms with Crippen molar-refractivity contribution in [1.29, 1.82) is 0 Å². The van der Waals surface area contributed by atoms with Crippen LogP contribution in [0.1, 0.15) is 36.7 Å². The lowest BCUT2D eigenvalue weighted by molar-refractivity contribution is 0.103. The highest BCUT2D eigenvalue weighted by molar-refractivity contribution is 6.23. The van der Waals surface area contributed by atoms with Gasteiger partial charge in [0.2, 0.25) is 0 Å². The van der Waals surface area contributed by atoms with Gasteiger partial charge in [0.25, 0.3) is 0 Å². The second-order valence-electron chi connectivity index (χ2n) is 6.00. The lowest BCUT2D eigenvalue weighted by atomic mass is 10.0. The zero-order chi connectivity index (χ0) is 17.8. The van der Waals surface area contributed by atoms with Gasteiger partial charge in [-0.3, -0.25) is 4.79 Å². The fourth-order valence-electron chi connectivity index (χ4n) is 3.29. The van der Waals surface area contributed by atoms with E-state index in [9.17, 15) is 4.79 Å². The minimum atomic E-state index is 0.0185. The molecule has 132 valence electrons. The Kier molecular flexibility index (Phi) is 5.39. The molecule has 0 atom stereocenters. The Morgan fingerprint density at radius 3 is 2.28 bits per heavy atom. The molecule has 0 radical (unpaired) electrons. The van der Waals surface area contributed by atoms with Crippen molar-refractivity contribution in [2.24, 2.45) is 0 Å². The third kappa shape index (κ3) is 3.27. The van der Waals surface area contributed by atoms with E-state index in [0.29, 0.717) is 30.3 Å². The number of ketones is 1. The van der Waals surface area contributed by atoms with E-state index in [0.717, 1.165) is 36.3 Å². The molecule has 0 spiro atoms. The average Bonchev–Trinajstić information content (AvgIpc) is 2.93. The summed E-state index contributed by atoms with van der Waals surface area (Å²) in [6.07, 6.45) is 0. The number of carbonyl (C=O) groups is 1. The van der Waals surface area contributed by atoms with Crippen LogP contribution in [0.5, 0.6) is 11.5 Å². The van der Waals surface area contributed by atoms with Crippen LogP contribution < -0.4 is 9.47 Å². The highest BCUT2D eigenvalue weighted by Gasteiger charge is 2.31. The zero-order valence-electron chi connectivity index (χ0n) is 15.2. The molecule has 0 amide bonds. The molecular formula is C21H25NO3. The highest BCUT2D eigenvalue weighted by Crippen LogP contribution is 2.45. The highest BCUT2D eigenvalue weighted by atomic mass is 16.5. The quantitative estimate of drug-likeness (QED) is 0.621. The van der Waals surface area contributed by atoms with Crippen molar-refractivity contribution in [2.45, 2.75) is 20.8 Å². The standard InChI is InChI=1S/C21H25NO3/c1-4-22(5-2)13-14-25-21-18(24-6-3)12-11-16-15-9-7-8-10-17(15)20(23)19(16)21/h7-12H,4-6,13-14H2,1-3H3. The van der Waals surface area contributed by atoms with E-state index in [1.165, 1.54) is 0 Å². The molecule has 0 aromatic heterocycles. The van der Waals surface area contributed by atoms with Crippen LogP contribution in [0.15, 0.2) is 36.4 Å². The van der Waals surface area contributed by atoms with Gasteiger partial charge in [0.05, 0.1) is 12.2 Å². The first-order chi connectivity index (χ1) is 12.2. The summed E-state index contributed by atoms with van der Waals surface area (Å²) in [5.41, 5.74) is 3.27. The third-order valence-corrected chi connectivity index (χ3v) is 4.66. The molecule has 2 aromatic carbocycles. The smallest absolute Gasteiger partial charge is 0.198 e. The van der Waals surface area contributed by atoms with Gasteiger partial charge in [0.15, 0.2) is 17.3 Å². The summed E-state index contributed by atoms with van der Waals surface area (Å²) >= 11 is 0. The van der Waals surface area contributed by atoms with E-state index < -0.39 is 0 Å². The number of benzene rings is 2. The monoisotopic (exact) mass is 339 g/mol. The maximum absolute atomic E-state index is 12.9. The summed E-state index contributed by atoms with van der Waals surface area (Å²) in [7, 11) is 0. The van der Waals surface area contributed by atoms with Crippen molar-refractivity contribution < 1.29 is 14.3 Å². The second-order valence-corrected chi connectivity index (χ2v) is 6.00. The number of hydrogen-bond acceptors (Lipinski definition) is 4. The van der Waals surface area contributed by atoms with E-state index >= 15 is 0 Å². The van der Waals surface area contributed by atoms with Gasteiger partial charge >= 0.3 is 0 Å². The minimum Gasteiger partial charge on any atom is -0.490 e. The normalized spacial score (nSPS) is 12.2. The van der Waals surface area contributed by atoms with E-state index in [-0.39, 0.29) is 5.78 Å². The first kappa shape index (κ1) is 17.5. The summed E-state index contributed by atoms with van der Waals surface area (Å²) < 4.78 is 11.8. The summed E-state index contributed by atoms with van der Waals surface area (Å²) in [4.78, 5) is 15.2. The van der Waals surface area contributed by atoms with Gasteiger partial charge in [-0.25, -0.2) is 0 Å². The van der Waals surface area contributed by atoms with Gasteiger partial charge < -0.3 is 14.4 Å². The Morgan fingerprint density at radius 1 is 0.880 bits per heavy atom. The first-order valence-electron chi connectivity index (χ1n) is 9.00. The van der Waals surface area contributed by atoms with Gasteiger partial charge in [-0.1, -0.05) is 38.1 Å². The van der Waals surface area contributed by atoms with Gasteiger partial charge in [-0.2, -0.15) is 0 Å². The topological polar surface area (TPSA) is 38.8 Å². The largest absolute Gasteiger partial charge is 0.490 e. The van der Waals surface area contributed by atoms with Crippen LogP contribution in [0.2, 0.25) is 0 Å². The van der Waals surface area contributed by atoms with Gasteiger partial charge in [0, 0.05) is 12.1 Å². The number of carbonyl (C=O) groups excluding carboxylic acids is 1. The fraction of sp³-hybridized carbons (Fsp3) is 0.381. The summed E-state index contributed by atoms with van der Waals surface area (Å²) in [5, 5.41) is 0. The Bertz CT molecular complexity index is 766. The van der Waals surface area contributed by atoms with Crippen molar-refractivity contribution in [3.05, 3.63) is 47.5 Å². The molecule has 4 nitrogen and oxygen atoms in total. The Hall–Kier alpha value is -2.33. The molecule has 2 aromatic rings. The average molecular weight is 339 g/mol. The lowest BCUT2D eigenvalue weighted by Gasteiger charge is -2.20. The van der Waals surface area contributed by atoms with E-state index in [1.54, 1.807) is 0 Å².